The van der Waals surface area contributed by atoms with E-state index in [0.29, 0.717) is 18.4 Å². The summed E-state index contributed by atoms with van der Waals surface area (Å²) in [7, 11) is 0. The Morgan fingerprint density at radius 1 is 1.60 bits per heavy atom. The zero-order valence-electron chi connectivity index (χ0n) is 9.20. The number of piperidine rings is 1. The van der Waals surface area contributed by atoms with Gasteiger partial charge in [0.1, 0.15) is 0 Å². The van der Waals surface area contributed by atoms with Crippen LogP contribution in [0.2, 0.25) is 0 Å². The van der Waals surface area contributed by atoms with Crippen LogP contribution in [0.1, 0.15) is 41.5 Å². The normalized spacial score (nSPS) is 20.4. The molecular weight excluding hydrogens is 206 g/mol. The van der Waals surface area contributed by atoms with Gasteiger partial charge in [0.15, 0.2) is 0 Å². The maximum absolute atomic E-state index is 5.66. The number of aromatic nitrogens is 1. The van der Waals surface area contributed by atoms with Crippen molar-refractivity contribution >= 4 is 11.3 Å². The van der Waals surface area contributed by atoms with E-state index in [-0.39, 0.29) is 0 Å². The predicted octanol–water partition coefficient (Wildman–Crippen LogP) is 1.67. The van der Waals surface area contributed by atoms with E-state index in [1.807, 2.05) is 17.5 Å². The Kier molecular flexibility index (Phi) is 3.72. The Bertz CT molecular complexity index is 305. The number of hydrogen-bond acceptors (Lipinski definition) is 4. The molecule has 1 aliphatic rings. The van der Waals surface area contributed by atoms with E-state index in [0.717, 1.165) is 13.1 Å². The maximum Gasteiger partial charge on any atom is 0.0959 e. The van der Waals surface area contributed by atoms with Crippen molar-refractivity contribution in [2.24, 2.45) is 5.73 Å². The third-order valence-electron chi connectivity index (χ3n) is 3.07. The average Bonchev–Trinajstić information content (AvgIpc) is 2.78. The molecule has 1 saturated heterocycles. The molecule has 0 radical (unpaired) electrons. The minimum atomic E-state index is 0.456. The standard InChI is InChI=1S/C11H19N3S/c1-8(6-12)10-7-14-11(15-10)9-2-4-13-5-3-9/h7-9,13H,2-6,12H2,1H3. The van der Waals surface area contributed by atoms with Gasteiger partial charge in [0, 0.05) is 22.9 Å². The van der Waals surface area contributed by atoms with Crippen molar-refractivity contribution in [1.29, 1.82) is 0 Å². The van der Waals surface area contributed by atoms with Crippen LogP contribution in [0, 0.1) is 0 Å². The van der Waals surface area contributed by atoms with E-state index in [2.05, 4.69) is 17.2 Å². The lowest BCUT2D eigenvalue weighted by molar-refractivity contribution is 0.459. The number of nitrogens with two attached hydrogens (primary N) is 1. The van der Waals surface area contributed by atoms with Crippen LogP contribution in [0.15, 0.2) is 6.20 Å². The molecule has 1 atom stereocenters. The van der Waals surface area contributed by atoms with E-state index in [1.165, 1.54) is 22.7 Å². The highest BCUT2D eigenvalue weighted by atomic mass is 32.1. The van der Waals surface area contributed by atoms with Gasteiger partial charge in [-0.15, -0.1) is 11.3 Å². The van der Waals surface area contributed by atoms with Crippen LogP contribution < -0.4 is 11.1 Å². The summed E-state index contributed by atoms with van der Waals surface area (Å²) in [5.74, 6) is 1.13. The second kappa shape index (κ2) is 5.05. The number of thiazole rings is 1. The molecule has 1 aliphatic heterocycles. The molecule has 1 aromatic heterocycles. The Morgan fingerprint density at radius 2 is 2.33 bits per heavy atom. The van der Waals surface area contributed by atoms with Crippen LogP contribution in [0.3, 0.4) is 0 Å². The molecule has 2 heterocycles. The smallest absolute Gasteiger partial charge is 0.0959 e. The highest BCUT2D eigenvalue weighted by molar-refractivity contribution is 7.11. The van der Waals surface area contributed by atoms with Gasteiger partial charge in [-0.25, -0.2) is 4.98 Å². The van der Waals surface area contributed by atoms with E-state index in [1.54, 1.807) is 0 Å². The molecule has 0 saturated carbocycles. The van der Waals surface area contributed by atoms with Crippen molar-refractivity contribution in [2.75, 3.05) is 19.6 Å². The monoisotopic (exact) mass is 225 g/mol. The molecule has 0 bridgehead atoms. The molecule has 0 spiro atoms. The molecule has 3 N–H and O–H groups in total. The van der Waals surface area contributed by atoms with Crippen LogP contribution in [0.5, 0.6) is 0 Å². The molecule has 3 nitrogen and oxygen atoms in total. The van der Waals surface area contributed by atoms with Gasteiger partial charge in [0.05, 0.1) is 5.01 Å². The van der Waals surface area contributed by atoms with Crippen LogP contribution in [0.4, 0.5) is 0 Å². The summed E-state index contributed by atoms with van der Waals surface area (Å²) in [4.78, 5) is 5.88. The second-order valence-electron chi connectivity index (χ2n) is 4.26. The summed E-state index contributed by atoms with van der Waals surface area (Å²) < 4.78 is 0. The molecule has 1 unspecified atom stereocenters. The molecule has 2 rings (SSSR count). The lowest BCUT2D eigenvalue weighted by atomic mass is 9.99. The second-order valence-corrected chi connectivity index (χ2v) is 5.36. The molecule has 1 aromatic rings. The summed E-state index contributed by atoms with van der Waals surface area (Å²) in [6.07, 6.45) is 4.47. The predicted molar refractivity (Wildman–Crippen MR) is 64.4 cm³/mol. The highest BCUT2D eigenvalue weighted by Crippen LogP contribution is 2.31. The fourth-order valence-corrected chi connectivity index (χ4v) is 3.05. The molecule has 4 heteroatoms. The van der Waals surface area contributed by atoms with Crippen molar-refractivity contribution in [3.63, 3.8) is 0 Å². The zero-order chi connectivity index (χ0) is 10.7. The first-order chi connectivity index (χ1) is 7.31. The first-order valence-electron chi connectivity index (χ1n) is 5.67. The van der Waals surface area contributed by atoms with E-state index < -0.39 is 0 Å². The van der Waals surface area contributed by atoms with Crippen LogP contribution in [0.25, 0.3) is 0 Å². The first kappa shape index (κ1) is 11.0. The van der Waals surface area contributed by atoms with Crippen LogP contribution in [-0.2, 0) is 0 Å². The van der Waals surface area contributed by atoms with Gasteiger partial charge >= 0.3 is 0 Å². The average molecular weight is 225 g/mol. The largest absolute Gasteiger partial charge is 0.330 e. The number of rotatable bonds is 3. The molecular formula is C11H19N3S. The minimum absolute atomic E-state index is 0.456. The van der Waals surface area contributed by atoms with Gasteiger partial charge in [-0.05, 0) is 32.5 Å². The van der Waals surface area contributed by atoms with Crippen molar-refractivity contribution in [3.05, 3.63) is 16.1 Å². The Labute approximate surface area is 95.1 Å². The fraction of sp³-hybridized carbons (Fsp3) is 0.727. The number of nitrogens with zero attached hydrogens (tertiary/aromatic N) is 1. The van der Waals surface area contributed by atoms with Gasteiger partial charge in [0.2, 0.25) is 0 Å². The molecule has 0 aromatic carbocycles. The van der Waals surface area contributed by atoms with Gasteiger partial charge in [0.25, 0.3) is 0 Å². The molecule has 1 fully saturated rings. The first-order valence-corrected chi connectivity index (χ1v) is 6.49. The SMILES string of the molecule is CC(CN)c1cnc(C2CCNCC2)s1. The number of hydrogen-bond donors (Lipinski definition) is 2. The highest BCUT2D eigenvalue weighted by Gasteiger charge is 2.19. The zero-order valence-corrected chi connectivity index (χ0v) is 10.0. The van der Waals surface area contributed by atoms with Crippen molar-refractivity contribution < 1.29 is 0 Å². The van der Waals surface area contributed by atoms with Crippen LogP contribution >= 0.6 is 11.3 Å². The van der Waals surface area contributed by atoms with E-state index in [4.69, 9.17) is 5.73 Å². The van der Waals surface area contributed by atoms with E-state index in [9.17, 15) is 0 Å². The molecule has 84 valence electrons. The third-order valence-corrected chi connectivity index (χ3v) is 4.46. The summed E-state index contributed by atoms with van der Waals surface area (Å²) in [5.41, 5.74) is 5.66. The fourth-order valence-electron chi connectivity index (χ4n) is 1.90. The van der Waals surface area contributed by atoms with Crippen LogP contribution in [-0.4, -0.2) is 24.6 Å². The lowest BCUT2D eigenvalue weighted by Crippen LogP contribution is -2.26. The van der Waals surface area contributed by atoms with Gasteiger partial charge < -0.3 is 11.1 Å². The molecule has 0 amide bonds. The van der Waals surface area contributed by atoms with Crippen molar-refractivity contribution in [1.82, 2.24) is 10.3 Å². The Balaban J connectivity index is 2.05. The van der Waals surface area contributed by atoms with Gasteiger partial charge in [-0.2, -0.15) is 0 Å². The minimum Gasteiger partial charge on any atom is -0.330 e. The van der Waals surface area contributed by atoms with Gasteiger partial charge in [-0.1, -0.05) is 6.92 Å². The maximum atomic E-state index is 5.66. The van der Waals surface area contributed by atoms with Gasteiger partial charge in [-0.3, -0.25) is 0 Å². The molecule has 15 heavy (non-hydrogen) atoms. The summed E-state index contributed by atoms with van der Waals surface area (Å²) in [5, 5.41) is 4.69. The summed E-state index contributed by atoms with van der Waals surface area (Å²) in [6, 6.07) is 0. The quantitative estimate of drug-likeness (QED) is 0.823. The number of nitrogens with one attached hydrogen (secondary N) is 1. The Morgan fingerprint density at radius 3 is 3.00 bits per heavy atom. The van der Waals surface area contributed by atoms with Crippen molar-refractivity contribution in [2.45, 2.75) is 31.6 Å². The summed E-state index contributed by atoms with van der Waals surface area (Å²) in [6.45, 7) is 5.14. The van der Waals surface area contributed by atoms with E-state index >= 15 is 0 Å². The third kappa shape index (κ3) is 2.56. The molecule has 0 aliphatic carbocycles. The summed E-state index contributed by atoms with van der Waals surface area (Å²) >= 11 is 1.85. The lowest BCUT2D eigenvalue weighted by Gasteiger charge is -2.20. The van der Waals surface area contributed by atoms with Crippen molar-refractivity contribution in [3.8, 4) is 0 Å². The Hall–Kier alpha value is -0.450. The topological polar surface area (TPSA) is 50.9 Å².